The number of hydrogen-bond donors (Lipinski definition) is 2. The molecule has 3 N–H and O–H groups in total. The Balaban J connectivity index is 2.62. The molecule has 0 radical (unpaired) electrons. The number of hydrogen-bond acceptors (Lipinski definition) is 3. The van der Waals surface area contributed by atoms with E-state index in [1.54, 1.807) is 0 Å². The maximum atomic E-state index is 5.15. The average molecular weight is 174 g/mol. The van der Waals surface area contributed by atoms with Crippen LogP contribution in [0.5, 0.6) is 0 Å². The molecular weight excluding hydrogens is 164 g/mol. The summed E-state index contributed by atoms with van der Waals surface area (Å²) in [7, 11) is 0. The Kier molecular flexibility index (Phi) is 1.73. The largest absolute Gasteiger partial charge is 0.337 e. The Morgan fingerprint density at radius 2 is 2.23 bits per heavy atom. The molecule has 1 aromatic carbocycles. The number of benzene rings is 1. The van der Waals surface area contributed by atoms with Gasteiger partial charge in [0.2, 0.25) is 0 Å². The van der Waals surface area contributed by atoms with E-state index in [2.05, 4.69) is 15.1 Å². The first-order valence-electron chi connectivity index (χ1n) is 4.01. The van der Waals surface area contributed by atoms with Gasteiger partial charge in [0, 0.05) is 0 Å². The van der Waals surface area contributed by atoms with E-state index < -0.39 is 0 Å². The van der Waals surface area contributed by atoms with Crippen molar-refractivity contribution < 1.29 is 0 Å². The molecule has 66 valence electrons. The van der Waals surface area contributed by atoms with E-state index >= 15 is 0 Å². The van der Waals surface area contributed by atoms with Crippen LogP contribution in [0.2, 0.25) is 0 Å². The van der Waals surface area contributed by atoms with Crippen LogP contribution in [-0.2, 0) is 0 Å². The molecule has 0 atom stereocenters. The summed E-state index contributed by atoms with van der Waals surface area (Å²) in [5.74, 6) is 5.88. The number of imidazole rings is 1. The zero-order valence-corrected chi connectivity index (χ0v) is 7.28. The normalized spacial score (nSPS) is 12.2. The lowest BCUT2D eigenvalue weighted by atomic mass is 10.3. The van der Waals surface area contributed by atoms with Crippen LogP contribution >= 0.6 is 0 Å². The number of fused-ring (bicyclic) bond motifs is 1. The molecule has 0 amide bonds. The summed E-state index contributed by atoms with van der Waals surface area (Å²) in [6.07, 6.45) is 0. The van der Waals surface area contributed by atoms with Crippen LogP contribution in [0.1, 0.15) is 12.7 Å². The number of H-pyrrole nitrogens is 1. The molecule has 4 nitrogen and oxygen atoms in total. The molecule has 0 aliphatic carbocycles. The Bertz CT molecular complexity index is 422. The van der Waals surface area contributed by atoms with Crippen LogP contribution in [0.25, 0.3) is 11.0 Å². The molecular formula is C9H10N4. The zero-order chi connectivity index (χ0) is 9.26. The Morgan fingerprint density at radius 1 is 1.46 bits per heavy atom. The van der Waals surface area contributed by atoms with Crippen molar-refractivity contribution in [3.8, 4) is 0 Å². The van der Waals surface area contributed by atoms with Gasteiger partial charge in [-0.3, -0.25) is 0 Å². The van der Waals surface area contributed by atoms with E-state index in [-0.39, 0.29) is 0 Å². The topological polar surface area (TPSA) is 67.1 Å². The predicted molar refractivity (Wildman–Crippen MR) is 52.5 cm³/mol. The summed E-state index contributed by atoms with van der Waals surface area (Å²) in [4.78, 5) is 7.44. The first kappa shape index (κ1) is 7.79. The molecule has 0 fully saturated rings. The van der Waals surface area contributed by atoms with Crippen LogP contribution in [0, 0.1) is 0 Å². The number of para-hydroxylation sites is 2. The van der Waals surface area contributed by atoms with Gasteiger partial charge in [0.05, 0.1) is 16.7 Å². The van der Waals surface area contributed by atoms with Gasteiger partial charge in [-0.2, -0.15) is 5.10 Å². The van der Waals surface area contributed by atoms with Gasteiger partial charge in [-0.1, -0.05) is 12.1 Å². The van der Waals surface area contributed by atoms with Crippen LogP contribution in [-0.4, -0.2) is 15.7 Å². The minimum absolute atomic E-state index is 0.705. The van der Waals surface area contributed by atoms with E-state index in [1.165, 1.54) is 0 Å². The highest BCUT2D eigenvalue weighted by Crippen LogP contribution is 2.10. The highest BCUT2D eigenvalue weighted by Gasteiger charge is 2.03. The molecule has 13 heavy (non-hydrogen) atoms. The molecule has 0 aliphatic rings. The maximum Gasteiger partial charge on any atom is 0.154 e. The molecule has 1 aromatic heterocycles. The van der Waals surface area contributed by atoms with Gasteiger partial charge in [0.25, 0.3) is 0 Å². The van der Waals surface area contributed by atoms with Crippen molar-refractivity contribution in [1.82, 2.24) is 9.97 Å². The minimum Gasteiger partial charge on any atom is -0.337 e. The van der Waals surface area contributed by atoms with Crippen LogP contribution in [0.15, 0.2) is 29.4 Å². The van der Waals surface area contributed by atoms with Crippen molar-refractivity contribution in [3.63, 3.8) is 0 Å². The highest BCUT2D eigenvalue weighted by molar-refractivity contribution is 5.97. The number of hydrazone groups is 1. The average Bonchev–Trinajstić information content (AvgIpc) is 2.59. The zero-order valence-electron chi connectivity index (χ0n) is 7.28. The van der Waals surface area contributed by atoms with Crippen molar-refractivity contribution >= 4 is 16.7 Å². The predicted octanol–water partition coefficient (Wildman–Crippen LogP) is 1.25. The summed E-state index contributed by atoms with van der Waals surface area (Å²) in [6.45, 7) is 1.82. The standard InChI is InChI=1S/C9H10N4/c1-6(13-10)9-11-7-4-2-3-5-8(7)12-9/h2-5H,10H2,1H3,(H,11,12). The van der Waals surface area contributed by atoms with Gasteiger partial charge in [-0.15, -0.1) is 0 Å². The molecule has 2 rings (SSSR count). The molecule has 0 bridgehead atoms. The molecule has 0 spiro atoms. The van der Waals surface area contributed by atoms with Crippen molar-refractivity contribution in [3.05, 3.63) is 30.1 Å². The second-order valence-corrected chi connectivity index (χ2v) is 2.82. The first-order chi connectivity index (χ1) is 6.31. The third-order valence-corrected chi connectivity index (χ3v) is 1.93. The second kappa shape index (κ2) is 2.90. The number of nitrogens with two attached hydrogens (primary N) is 1. The number of nitrogens with zero attached hydrogens (tertiary/aromatic N) is 2. The molecule has 4 heteroatoms. The van der Waals surface area contributed by atoms with Crippen LogP contribution < -0.4 is 5.84 Å². The lowest BCUT2D eigenvalue weighted by molar-refractivity contribution is 1.19. The SMILES string of the molecule is CC(=NN)c1nc2ccccc2[nH]1. The summed E-state index contributed by atoms with van der Waals surface area (Å²) in [6, 6.07) is 7.82. The fourth-order valence-corrected chi connectivity index (χ4v) is 1.19. The number of nitrogens with one attached hydrogen (secondary N) is 1. The fraction of sp³-hybridized carbons (Fsp3) is 0.111. The second-order valence-electron chi connectivity index (χ2n) is 2.82. The monoisotopic (exact) mass is 174 g/mol. The van der Waals surface area contributed by atoms with Crippen molar-refractivity contribution in [2.24, 2.45) is 10.9 Å². The van der Waals surface area contributed by atoms with Gasteiger partial charge in [0.15, 0.2) is 5.82 Å². The van der Waals surface area contributed by atoms with E-state index in [4.69, 9.17) is 5.84 Å². The third-order valence-electron chi connectivity index (χ3n) is 1.93. The third kappa shape index (κ3) is 1.26. The summed E-state index contributed by atoms with van der Waals surface area (Å²) >= 11 is 0. The van der Waals surface area contributed by atoms with E-state index in [0.717, 1.165) is 16.9 Å². The Labute approximate surface area is 75.5 Å². The highest BCUT2D eigenvalue weighted by atomic mass is 15.1. The van der Waals surface area contributed by atoms with Crippen molar-refractivity contribution in [2.45, 2.75) is 6.92 Å². The number of rotatable bonds is 1. The van der Waals surface area contributed by atoms with Gasteiger partial charge >= 0.3 is 0 Å². The molecule has 0 saturated carbocycles. The lowest BCUT2D eigenvalue weighted by Gasteiger charge is -1.88. The minimum atomic E-state index is 0.705. The van der Waals surface area contributed by atoms with Crippen LogP contribution in [0.3, 0.4) is 0 Å². The fourth-order valence-electron chi connectivity index (χ4n) is 1.19. The molecule has 0 aliphatic heterocycles. The Morgan fingerprint density at radius 3 is 2.92 bits per heavy atom. The molecule has 0 unspecified atom stereocenters. The molecule has 0 saturated heterocycles. The van der Waals surface area contributed by atoms with Crippen molar-refractivity contribution in [1.29, 1.82) is 0 Å². The van der Waals surface area contributed by atoms with Crippen molar-refractivity contribution in [2.75, 3.05) is 0 Å². The smallest absolute Gasteiger partial charge is 0.154 e. The summed E-state index contributed by atoms with van der Waals surface area (Å²) < 4.78 is 0. The van der Waals surface area contributed by atoms with Gasteiger partial charge in [0.1, 0.15) is 0 Å². The van der Waals surface area contributed by atoms with E-state index in [9.17, 15) is 0 Å². The van der Waals surface area contributed by atoms with Gasteiger partial charge in [-0.25, -0.2) is 4.98 Å². The Hall–Kier alpha value is -1.84. The number of aromatic nitrogens is 2. The van der Waals surface area contributed by atoms with E-state index in [0.29, 0.717) is 5.71 Å². The van der Waals surface area contributed by atoms with Gasteiger partial charge in [-0.05, 0) is 19.1 Å². The summed E-state index contributed by atoms with van der Waals surface area (Å²) in [5.41, 5.74) is 2.64. The maximum absolute atomic E-state index is 5.15. The first-order valence-corrected chi connectivity index (χ1v) is 4.01. The quantitative estimate of drug-likeness (QED) is 0.388. The summed E-state index contributed by atoms with van der Waals surface area (Å²) in [5, 5.41) is 3.58. The lowest BCUT2D eigenvalue weighted by Crippen LogP contribution is -2.00. The van der Waals surface area contributed by atoms with E-state index in [1.807, 2.05) is 31.2 Å². The van der Waals surface area contributed by atoms with Crippen LogP contribution in [0.4, 0.5) is 0 Å². The van der Waals surface area contributed by atoms with Gasteiger partial charge < -0.3 is 10.8 Å². The molecule has 1 heterocycles. The molecule has 2 aromatic rings. The number of aromatic amines is 1.